The second-order valence-electron chi connectivity index (χ2n) is 8.06. The number of nitro benzene ring substituents is 1. The zero-order chi connectivity index (χ0) is 22.2. The summed E-state index contributed by atoms with van der Waals surface area (Å²) in [7, 11) is -4.23. The predicted molar refractivity (Wildman–Crippen MR) is 114 cm³/mol. The maximum Gasteiger partial charge on any atom is 0.289 e. The first-order valence-corrected chi connectivity index (χ1v) is 11.4. The first-order valence-electron chi connectivity index (χ1n) is 10.0. The van der Waals surface area contributed by atoms with Crippen LogP contribution in [0.25, 0.3) is 0 Å². The fourth-order valence-electron chi connectivity index (χ4n) is 4.13. The number of ether oxygens (including phenoxy) is 2. The lowest BCUT2D eigenvalue weighted by Gasteiger charge is -2.36. The summed E-state index contributed by atoms with van der Waals surface area (Å²) in [4.78, 5) is 10.6. The normalized spacial score (nSPS) is 24.8. The van der Waals surface area contributed by atoms with Gasteiger partial charge in [-0.25, -0.2) is 8.42 Å². The Morgan fingerprint density at radius 3 is 2.48 bits per heavy atom. The third kappa shape index (κ3) is 4.27. The molecule has 0 N–H and O–H groups in total. The van der Waals surface area contributed by atoms with Crippen LogP contribution in [-0.4, -0.2) is 41.7 Å². The monoisotopic (exact) mass is 444 g/mol. The SMILES string of the molecule is CC1(C)O[C@@H]2[C@@H](C=CC[C@@H]2N(Cc2ccccc2)S(=O)(=O)c2ccccc2[N+](=O)[O-])O1. The van der Waals surface area contributed by atoms with Gasteiger partial charge in [0.05, 0.1) is 11.0 Å². The van der Waals surface area contributed by atoms with Crippen molar-refractivity contribution in [3.05, 3.63) is 82.4 Å². The average Bonchev–Trinajstić information content (AvgIpc) is 3.06. The summed E-state index contributed by atoms with van der Waals surface area (Å²) < 4.78 is 40.9. The van der Waals surface area contributed by atoms with E-state index in [1.54, 1.807) is 13.8 Å². The lowest BCUT2D eigenvalue weighted by Crippen LogP contribution is -2.50. The fraction of sp³-hybridized carbons (Fsp3) is 0.364. The molecule has 31 heavy (non-hydrogen) atoms. The molecule has 2 aliphatic rings. The van der Waals surface area contributed by atoms with Gasteiger partial charge in [-0.3, -0.25) is 10.1 Å². The Labute approximate surface area is 181 Å². The van der Waals surface area contributed by atoms with E-state index < -0.39 is 44.7 Å². The number of nitro groups is 1. The van der Waals surface area contributed by atoms with Crippen molar-refractivity contribution in [2.75, 3.05) is 0 Å². The van der Waals surface area contributed by atoms with Crippen LogP contribution in [0.15, 0.2) is 71.6 Å². The Morgan fingerprint density at radius 2 is 1.77 bits per heavy atom. The number of benzene rings is 2. The minimum Gasteiger partial charge on any atom is -0.343 e. The number of sulfonamides is 1. The first kappa shape index (κ1) is 21.6. The van der Waals surface area contributed by atoms with Crippen molar-refractivity contribution in [1.29, 1.82) is 0 Å². The van der Waals surface area contributed by atoms with E-state index in [1.165, 1.54) is 28.6 Å². The van der Waals surface area contributed by atoms with Crippen LogP contribution in [0, 0.1) is 10.1 Å². The molecule has 1 saturated heterocycles. The van der Waals surface area contributed by atoms with Gasteiger partial charge in [0.2, 0.25) is 0 Å². The van der Waals surface area contributed by atoms with Gasteiger partial charge in [-0.1, -0.05) is 54.6 Å². The number of hydrogen-bond donors (Lipinski definition) is 0. The van der Waals surface area contributed by atoms with Crippen LogP contribution in [0.1, 0.15) is 25.8 Å². The molecule has 3 atom stereocenters. The van der Waals surface area contributed by atoms with Crippen molar-refractivity contribution >= 4 is 15.7 Å². The summed E-state index contributed by atoms with van der Waals surface area (Å²) >= 11 is 0. The van der Waals surface area contributed by atoms with E-state index >= 15 is 0 Å². The number of hydrogen-bond acceptors (Lipinski definition) is 6. The summed E-state index contributed by atoms with van der Waals surface area (Å²) in [6.07, 6.45) is 3.25. The van der Waals surface area contributed by atoms with Crippen LogP contribution < -0.4 is 0 Å². The number of fused-ring (bicyclic) bond motifs is 1. The molecule has 0 unspecified atom stereocenters. The van der Waals surface area contributed by atoms with Crippen LogP contribution in [0.4, 0.5) is 5.69 Å². The van der Waals surface area contributed by atoms with Crippen molar-refractivity contribution in [2.45, 2.75) is 55.7 Å². The summed E-state index contributed by atoms with van der Waals surface area (Å²) in [5.41, 5.74) is 0.321. The summed E-state index contributed by atoms with van der Waals surface area (Å²) in [6.45, 7) is 3.63. The second kappa shape index (κ2) is 8.16. The maximum absolute atomic E-state index is 13.8. The number of rotatable bonds is 6. The molecule has 1 aliphatic heterocycles. The quantitative estimate of drug-likeness (QED) is 0.383. The van der Waals surface area contributed by atoms with Crippen molar-refractivity contribution in [1.82, 2.24) is 4.31 Å². The molecule has 4 rings (SSSR count). The zero-order valence-electron chi connectivity index (χ0n) is 17.2. The van der Waals surface area contributed by atoms with Crippen molar-refractivity contribution in [3.63, 3.8) is 0 Å². The van der Waals surface area contributed by atoms with E-state index in [1.807, 2.05) is 42.5 Å². The highest BCUT2D eigenvalue weighted by Gasteiger charge is 2.50. The third-order valence-electron chi connectivity index (χ3n) is 5.45. The van der Waals surface area contributed by atoms with Crippen molar-refractivity contribution in [2.24, 2.45) is 0 Å². The zero-order valence-corrected chi connectivity index (χ0v) is 18.1. The molecule has 1 heterocycles. The van der Waals surface area contributed by atoms with Crippen molar-refractivity contribution < 1.29 is 22.8 Å². The van der Waals surface area contributed by atoms with E-state index in [0.717, 1.165) is 5.56 Å². The van der Waals surface area contributed by atoms with Gasteiger partial charge in [0.15, 0.2) is 10.7 Å². The Bertz CT molecular complexity index is 1100. The van der Waals surface area contributed by atoms with E-state index in [4.69, 9.17) is 9.47 Å². The van der Waals surface area contributed by atoms with Gasteiger partial charge in [-0.15, -0.1) is 0 Å². The van der Waals surface area contributed by atoms with Gasteiger partial charge in [0, 0.05) is 12.6 Å². The molecule has 0 spiro atoms. The van der Waals surface area contributed by atoms with Gasteiger partial charge in [0.1, 0.15) is 12.2 Å². The Morgan fingerprint density at radius 1 is 1.10 bits per heavy atom. The highest BCUT2D eigenvalue weighted by atomic mass is 32.2. The molecule has 0 saturated carbocycles. The second-order valence-corrected chi connectivity index (χ2v) is 9.92. The van der Waals surface area contributed by atoms with E-state index in [0.29, 0.717) is 6.42 Å². The molecule has 2 aromatic carbocycles. The minimum absolute atomic E-state index is 0.0563. The third-order valence-corrected chi connectivity index (χ3v) is 7.36. The smallest absolute Gasteiger partial charge is 0.289 e. The summed E-state index contributed by atoms with van der Waals surface area (Å²) in [5, 5.41) is 11.6. The highest BCUT2D eigenvalue weighted by molar-refractivity contribution is 7.89. The van der Waals surface area contributed by atoms with Gasteiger partial charge < -0.3 is 9.47 Å². The average molecular weight is 445 g/mol. The molecule has 9 heteroatoms. The molecular formula is C22H24N2O6S. The Balaban J connectivity index is 1.80. The number of nitrogens with zero attached hydrogens (tertiary/aromatic N) is 2. The molecule has 1 aliphatic carbocycles. The molecule has 0 radical (unpaired) electrons. The highest BCUT2D eigenvalue weighted by Crippen LogP contribution is 2.39. The fourth-order valence-corrected chi connectivity index (χ4v) is 5.92. The van der Waals surface area contributed by atoms with Crippen LogP contribution in [0.5, 0.6) is 0 Å². The van der Waals surface area contributed by atoms with Crippen molar-refractivity contribution in [3.8, 4) is 0 Å². The van der Waals surface area contributed by atoms with Crippen LogP contribution in [-0.2, 0) is 26.0 Å². The molecular weight excluding hydrogens is 420 g/mol. The lowest BCUT2D eigenvalue weighted by molar-refractivity contribution is -0.387. The maximum atomic E-state index is 13.8. The Kier molecular flexibility index (Phi) is 5.69. The molecule has 0 bridgehead atoms. The molecule has 0 amide bonds. The lowest BCUT2D eigenvalue weighted by atomic mass is 9.96. The van der Waals surface area contributed by atoms with E-state index in [-0.39, 0.29) is 11.4 Å². The topological polar surface area (TPSA) is 99.0 Å². The Hall–Kier alpha value is -2.59. The molecule has 0 aromatic heterocycles. The van der Waals surface area contributed by atoms with Crippen LogP contribution in [0.3, 0.4) is 0 Å². The molecule has 2 aromatic rings. The van der Waals surface area contributed by atoms with Crippen LogP contribution in [0.2, 0.25) is 0 Å². The van der Waals surface area contributed by atoms with E-state index in [9.17, 15) is 18.5 Å². The van der Waals surface area contributed by atoms with Crippen LogP contribution >= 0.6 is 0 Å². The van der Waals surface area contributed by atoms with Gasteiger partial charge in [0.25, 0.3) is 15.7 Å². The standard InChI is InChI=1S/C22H24N2O6S/c1-22(2)29-19-13-8-12-18(21(19)30-22)23(15-16-9-4-3-5-10-16)31(27,28)20-14-7-6-11-17(20)24(25)26/h3-11,13-14,18-19,21H,12,15H2,1-2H3/t18-,19+,21-/m0/s1. The van der Waals surface area contributed by atoms with Gasteiger partial charge >= 0.3 is 0 Å². The largest absolute Gasteiger partial charge is 0.343 e. The minimum atomic E-state index is -4.23. The molecule has 1 fully saturated rings. The van der Waals surface area contributed by atoms with E-state index in [2.05, 4.69) is 0 Å². The molecule has 164 valence electrons. The van der Waals surface area contributed by atoms with Gasteiger partial charge in [-0.2, -0.15) is 4.31 Å². The summed E-state index contributed by atoms with van der Waals surface area (Å²) in [5.74, 6) is -0.858. The summed E-state index contributed by atoms with van der Waals surface area (Å²) in [6, 6.07) is 14.0. The predicted octanol–water partition coefficient (Wildman–Crippen LogP) is 3.63. The first-order chi connectivity index (χ1) is 14.7. The molecule has 8 nitrogen and oxygen atoms in total. The van der Waals surface area contributed by atoms with Gasteiger partial charge in [-0.05, 0) is 31.9 Å². The number of para-hydroxylation sites is 1.